The van der Waals surface area contributed by atoms with Gasteiger partial charge < -0.3 is 9.47 Å². The van der Waals surface area contributed by atoms with Crippen molar-refractivity contribution in [3.05, 3.63) is 92.9 Å². The zero-order valence-corrected chi connectivity index (χ0v) is 18.1. The molecule has 0 heterocycles. The first-order valence-electron chi connectivity index (χ1n) is 8.72. The molecule has 3 aromatic carbocycles. The number of carbonyl (C=O) groups excluding carboxylic acids is 2. The molecule has 0 aromatic heterocycles. The maximum absolute atomic E-state index is 12.4. The number of hydrogen-bond acceptors (Lipinski definition) is 5. The van der Waals surface area contributed by atoms with Crippen LogP contribution in [0.2, 0.25) is 5.02 Å². The van der Waals surface area contributed by atoms with E-state index in [1.165, 1.54) is 13.3 Å². The lowest BCUT2D eigenvalue weighted by Crippen LogP contribution is -2.18. The Balaban J connectivity index is 1.70. The standard InChI is InChI=1S/C22H16BrClN2O4/c1-29-20-12-14(13-25-26-21(27)15-6-2-4-8-17(15)23)10-11-19(20)30-22(28)16-7-3-5-9-18(16)24/h2-13H,1H3,(H,26,27)/b25-13+. The summed E-state index contributed by atoms with van der Waals surface area (Å²) < 4.78 is 11.4. The van der Waals surface area contributed by atoms with Gasteiger partial charge in [-0.15, -0.1) is 0 Å². The van der Waals surface area contributed by atoms with Crippen LogP contribution >= 0.6 is 27.5 Å². The van der Waals surface area contributed by atoms with Crippen LogP contribution in [-0.4, -0.2) is 25.2 Å². The smallest absolute Gasteiger partial charge is 0.345 e. The molecule has 0 atom stereocenters. The van der Waals surface area contributed by atoms with E-state index < -0.39 is 5.97 Å². The van der Waals surface area contributed by atoms with Gasteiger partial charge in [-0.05, 0) is 64.0 Å². The van der Waals surface area contributed by atoms with E-state index in [1.807, 2.05) is 6.07 Å². The van der Waals surface area contributed by atoms with Gasteiger partial charge in [-0.2, -0.15) is 5.10 Å². The molecule has 6 nitrogen and oxygen atoms in total. The molecule has 0 saturated heterocycles. The van der Waals surface area contributed by atoms with Gasteiger partial charge >= 0.3 is 5.97 Å². The van der Waals surface area contributed by atoms with Gasteiger partial charge in [0.05, 0.1) is 29.5 Å². The van der Waals surface area contributed by atoms with Crippen molar-refractivity contribution in [2.45, 2.75) is 0 Å². The number of amides is 1. The Hall–Kier alpha value is -3.16. The van der Waals surface area contributed by atoms with E-state index in [1.54, 1.807) is 60.7 Å². The van der Waals surface area contributed by atoms with Gasteiger partial charge in [-0.1, -0.05) is 35.9 Å². The topological polar surface area (TPSA) is 77.0 Å². The molecule has 0 spiro atoms. The first kappa shape index (κ1) is 21.5. The number of nitrogens with one attached hydrogen (secondary N) is 1. The predicted molar refractivity (Wildman–Crippen MR) is 119 cm³/mol. The number of halogens is 2. The molecule has 3 rings (SSSR count). The van der Waals surface area contributed by atoms with Crippen LogP contribution in [0.25, 0.3) is 0 Å². The average molecular weight is 488 g/mol. The van der Waals surface area contributed by atoms with Crippen LogP contribution in [0.1, 0.15) is 26.3 Å². The summed E-state index contributed by atoms with van der Waals surface area (Å²) in [5.41, 5.74) is 3.81. The summed E-state index contributed by atoms with van der Waals surface area (Å²) in [7, 11) is 1.46. The number of rotatable bonds is 6. The van der Waals surface area contributed by atoms with Crippen LogP contribution in [0.3, 0.4) is 0 Å². The van der Waals surface area contributed by atoms with Gasteiger partial charge in [0, 0.05) is 4.47 Å². The summed E-state index contributed by atoms with van der Waals surface area (Å²) in [5.74, 6) is -0.384. The van der Waals surface area contributed by atoms with Crippen LogP contribution in [0.15, 0.2) is 76.3 Å². The lowest BCUT2D eigenvalue weighted by molar-refractivity contribution is 0.0729. The molecule has 1 N–H and O–H groups in total. The minimum atomic E-state index is -0.596. The van der Waals surface area contributed by atoms with Gasteiger partial charge in [0.2, 0.25) is 0 Å². The van der Waals surface area contributed by atoms with E-state index in [9.17, 15) is 9.59 Å². The fourth-order valence-corrected chi connectivity index (χ4v) is 3.18. The molecule has 0 aliphatic rings. The van der Waals surface area contributed by atoms with Crippen LogP contribution < -0.4 is 14.9 Å². The summed E-state index contributed by atoms with van der Waals surface area (Å²) in [6, 6.07) is 18.5. The van der Waals surface area contributed by atoms with Crippen molar-refractivity contribution in [2.75, 3.05) is 7.11 Å². The van der Waals surface area contributed by atoms with Crippen molar-refractivity contribution in [2.24, 2.45) is 5.10 Å². The SMILES string of the molecule is COc1cc(/C=N/NC(=O)c2ccccc2Br)ccc1OC(=O)c1ccccc1Cl. The lowest BCUT2D eigenvalue weighted by atomic mass is 10.2. The molecule has 30 heavy (non-hydrogen) atoms. The van der Waals surface area contributed by atoms with Crippen LogP contribution in [0.4, 0.5) is 0 Å². The quantitative estimate of drug-likeness (QED) is 0.227. The second kappa shape index (κ2) is 10.0. The molecule has 152 valence electrons. The number of benzene rings is 3. The van der Waals surface area contributed by atoms with Crippen molar-refractivity contribution < 1.29 is 19.1 Å². The van der Waals surface area contributed by atoms with Crippen molar-refractivity contribution >= 4 is 45.6 Å². The first-order chi connectivity index (χ1) is 14.5. The number of esters is 1. The third-order valence-corrected chi connectivity index (χ3v) is 5.00. The van der Waals surface area contributed by atoms with Crippen LogP contribution in [0, 0.1) is 0 Å². The molecule has 0 aliphatic carbocycles. The highest BCUT2D eigenvalue weighted by molar-refractivity contribution is 9.10. The molecule has 0 saturated carbocycles. The van der Waals surface area contributed by atoms with E-state index in [2.05, 4.69) is 26.5 Å². The summed E-state index contributed by atoms with van der Waals surface area (Å²) >= 11 is 9.36. The third-order valence-electron chi connectivity index (χ3n) is 3.98. The second-order valence-electron chi connectivity index (χ2n) is 5.96. The van der Waals surface area contributed by atoms with E-state index in [4.69, 9.17) is 21.1 Å². The van der Waals surface area contributed by atoms with Gasteiger partial charge in [0.15, 0.2) is 11.5 Å². The van der Waals surface area contributed by atoms with Crippen molar-refractivity contribution in [1.82, 2.24) is 5.43 Å². The second-order valence-corrected chi connectivity index (χ2v) is 7.22. The number of carbonyl (C=O) groups is 2. The zero-order chi connectivity index (χ0) is 21.5. The number of hydrogen-bond donors (Lipinski definition) is 1. The Kier molecular flexibility index (Phi) is 7.21. The molecule has 0 fully saturated rings. The fraction of sp³-hybridized carbons (Fsp3) is 0.0455. The minimum absolute atomic E-state index is 0.233. The molecule has 0 bridgehead atoms. The normalized spacial score (nSPS) is 10.6. The molecule has 1 amide bonds. The number of hydrazone groups is 1. The predicted octanol–water partition coefficient (Wildman–Crippen LogP) is 5.09. The molecular weight excluding hydrogens is 472 g/mol. The number of ether oxygens (including phenoxy) is 2. The maximum atomic E-state index is 12.4. The Morgan fingerprint density at radius 3 is 2.40 bits per heavy atom. The van der Waals surface area contributed by atoms with E-state index in [-0.39, 0.29) is 17.2 Å². The van der Waals surface area contributed by atoms with Crippen LogP contribution in [0.5, 0.6) is 11.5 Å². The average Bonchev–Trinajstić information content (AvgIpc) is 2.75. The molecule has 0 aliphatic heterocycles. The number of nitrogens with zero attached hydrogens (tertiary/aromatic N) is 1. The van der Waals surface area contributed by atoms with Crippen molar-refractivity contribution in [1.29, 1.82) is 0 Å². The summed E-state index contributed by atoms with van der Waals surface area (Å²) in [5, 5.41) is 4.26. The highest BCUT2D eigenvalue weighted by Crippen LogP contribution is 2.29. The van der Waals surface area contributed by atoms with Crippen molar-refractivity contribution in [3.63, 3.8) is 0 Å². The highest BCUT2D eigenvalue weighted by Gasteiger charge is 2.15. The van der Waals surface area contributed by atoms with E-state index >= 15 is 0 Å². The monoisotopic (exact) mass is 486 g/mol. The Labute approximate surface area is 186 Å². The Bertz CT molecular complexity index is 1120. The molecule has 8 heteroatoms. The largest absolute Gasteiger partial charge is 0.493 e. The van der Waals surface area contributed by atoms with Gasteiger partial charge in [0.1, 0.15) is 0 Å². The van der Waals surface area contributed by atoms with E-state index in [0.29, 0.717) is 26.4 Å². The minimum Gasteiger partial charge on any atom is -0.493 e. The summed E-state index contributed by atoms with van der Waals surface area (Å²) in [6.45, 7) is 0. The molecular formula is C22H16BrClN2O4. The van der Waals surface area contributed by atoms with Gasteiger partial charge in [-0.3, -0.25) is 4.79 Å². The molecule has 3 aromatic rings. The molecule has 0 unspecified atom stereocenters. The highest BCUT2D eigenvalue weighted by atomic mass is 79.9. The summed E-state index contributed by atoms with van der Waals surface area (Å²) in [6.07, 6.45) is 1.46. The van der Waals surface area contributed by atoms with Crippen LogP contribution in [-0.2, 0) is 0 Å². The Morgan fingerprint density at radius 1 is 1.00 bits per heavy atom. The lowest BCUT2D eigenvalue weighted by Gasteiger charge is -2.10. The maximum Gasteiger partial charge on any atom is 0.345 e. The van der Waals surface area contributed by atoms with Crippen molar-refractivity contribution in [3.8, 4) is 11.5 Å². The Morgan fingerprint density at radius 2 is 1.70 bits per heavy atom. The third kappa shape index (κ3) is 5.25. The van der Waals surface area contributed by atoms with Gasteiger partial charge in [0.25, 0.3) is 5.91 Å². The fourth-order valence-electron chi connectivity index (χ4n) is 2.50. The van der Waals surface area contributed by atoms with Gasteiger partial charge in [-0.25, -0.2) is 10.2 Å². The van der Waals surface area contributed by atoms with E-state index in [0.717, 1.165) is 0 Å². The zero-order valence-electron chi connectivity index (χ0n) is 15.8. The summed E-state index contributed by atoms with van der Waals surface area (Å²) in [4.78, 5) is 24.5. The number of methoxy groups -OCH3 is 1. The first-order valence-corrected chi connectivity index (χ1v) is 9.89. The molecule has 0 radical (unpaired) electrons.